The van der Waals surface area contributed by atoms with E-state index < -0.39 is 0 Å². The number of hydrogen-bond donors (Lipinski definition) is 1. The van der Waals surface area contributed by atoms with E-state index in [1.165, 1.54) is 4.88 Å². The van der Waals surface area contributed by atoms with Gasteiger partial charge in [0, 0.05) is 11.1 Å². The van der Waals surface area contributed by atoms with Crippen LogP contribution in [0.5, 0.6) is 0 Å². The van der Waals surface area contributed by atoms with Crippen molar-refractivity contribution in [3.63, 3.8) is 0 Å². The van der Waals surface area contributed by atoms with Gasteiger partial charge in [-0.15, -0.1) is 11.3 Å². The number of H-pyrrole nitrogens is 1. The molecule has 0 radical (unpaired) electrons. The molecule has 0 aliphatic carbocycles. The molecular formula is C10H14N4S2. The number of aryl methyl sites for hydroxylation is 2. The Morgan fingerprint density at radius 3 is 2.88 bits per heavy atom. The van der Waals surface area contributed by atoms with Crippen molar-refractivity contribution < 1.29 is 0 Å². The van der Waals surface area contributed by atoms with E-state index in [2.05, 4.69) is 29.0 Å². The predicted octanol–water partition coefficient (Wildman–Crippen LogP) is 2.88. The molecular weight excluding hydrogens is 240 g/mol. The van der Waals surface area contributed by atoms with Crippen LogP contribution < -0.4 is 0 Å². The van der Waals surface area contributed by atoms with Gasteiger partial charge in [-0.3, -0.25) is 9.67 Å². The van der Waals surface area contributed by atoms with Gasteiger partial charge in [-0.25, -0.2) is 4.98 Å². The third-order valence-electron chi connectivity index (χ3n) is 2.55. The molecule has 86 valence electrons. The van der Waals surface area contributed by atoms with Crippen molar-refractivity contribution in [1.82, 2.24) is 19.7 Å². The van der Waals surface area contributed by atoms with Crippen LogP contribution >= 0.6 is 23.6 Å². The normalized spacial score (nSPS) is 12.9. The van der Waals surface area contributed by atoms with E-state index in [4.69, 9.17) is 12.2 Å². The van der Waals surface area contributed by atoms with Crippen LogP contribution in [0.3, 0.4) is 0 Å². The zero-order valence-electron chi connectivity index (χ0n) is 9.52. The fraction of sp³-hybridized carbons (Fsp3) is 0.500. The van der Waals surface area contributed by atoms with E-state index in [-0.39, 0.29) is 6.04 Å². The van der Waals surface area contributed by atoms with Gasteiger partial charge in [0.15, 0.2) is 4.77 Å². The smallest absolute Gasteiger partial charge is 0.195 e. The summed E-state index contributed by atoms with van der Waals surface area (Å²) in [5, 5.41) is 7.99. The van der Waals surface area contributed by atoms with E-state index in [0.29, 0.717) is 4.77 Å². The molecule has 0 bridgehead atoms. The molecule has 0 fully saturated rings. The number of aromatic nitrogens is 4. The summed E-state index contributed by atoms with van der Waals surface area (Å²) in [5.41, 5.74) is 0. The summed E-state index contributed by atoms with van der Waals surface area (Å²) < 4.78 is 2.64. The van der Waals surface area contributed by atoms with Gasteiger partial charge in [0.25, 0.3) is 0 Å². The first-order valence-corrected chi connectivity index (χ1v) is 6.44. The van der Waals surface area contributed by atoms with Crippen LogP contribution in [0.25, 0.3) is 0 Å². The molecule has 0 saturated heterocycles. The third kappa shape index (κ3) is 1.94. The average Bonchev–Trinajstić information content (AvgIpc) is 2.85. The van der Waals surface area contributed by atoms with E-state index in [1.54, 1.807) is 11.3 Å². The van der Waals surface area contributed by atoms with Crippen molar-refractivity contribution >= 4 is 23.6 Å². The van der Waals surface area contributed by atoms with Crippen molar-refractivity contribution in [3.8, 4) is 0 Å². The van der Waals surface area contributed by atoms with Crippen molar-refractivity contribution in [2.24, 2.45) is 0 Å². The standard InChI is InChI=1S/C10H14N4S2/c1-4-8-5-11-9(16-8)6(2)14-7(3)12-13-10(14)15/h5-6H,4H2,1-3H3,(H,13,15). The molecule has 0 aliphatic rings. The Hall–Kier alpha value is -1.01. The summed E-state index contributed by atoms with van der Waals surface area (Å²) in [6.07, 6.45) is 2.97. The second-order valence-corrected chi connectivity index (χ2v) is 5.17. The minimum absolute atomic E-state index is 0.150. The fourth-order valence-corrected chi connectivity index (χ4v) is 2.86. The molecule has 2 heterocycles. The Kier molecular flexibility index (Phi) is 3.20. The van der Waals surface area contributed by atoms with E-state index >= 15 is 0 Å². The predicted molar refractivity (Wildman–Crippen MR) is 67.5 cm³/mol. The summed E-state index contributed by atoms with van der Waals surface area (Å²) in [4.78, 5) is 5.74. The van der Waals surface area contributed by atoms with Crippen LogP contribution in [0.15, 0.2) is 6.20 Å². The maximum Gasteiger partial charge on any atom is 0.195 e. The van der Waals surface area contributed by atoms with Gasteiger partial charge in [-0.2, -0.15) is 5.10 Å². The topological polar surface area (TPSA) is 46.5 Å². The van der Waals surface area contributed by atoms with Crippen molar-refractivity contribution in [1.29, 1.82) is 0 Å². The lowest BCUT2D eigenvalue weighted by atomic mass is 10.3. The van der Waals surface area contributed by atoms with Gasteiger partial charge in [-0.05, 0) is 32.5 Å². The third-order valence-corrected chi connectivity index (χ3v) is 4.15. The maximum absolute atomic E-state index is 5.21. The number of aromatic amines is 1. The Bertz CT molecular complexity index is 537. The monoisotopic (exact) mass is 254 g/mol. The van der Waals surface area contributed by atoms with Gasteiger partial charge in [0.1, 0.15) is 10.8 Å². The molecule has 0 amide bonds. The van der Waals surface area contributed by atoms with E-state index in [9.17, 15) is 0 Å². The summed E-state index contributed by atoms with van der Waals surface area (Å²) >= 11 is 6.94. The molecule has 0 aliphatic heterocycles. The Labute approximate surface area is 103 Å². The SMILES string of the molecule is CCc1cnc(C(C)n2c(C)n[nH]c2=S)s1. The first-order chi connectivity index (χ1) is 7.63. The van der Waals surface area contributed by atoms with Gasteiger partial charge in [0.05, 0.1) is 6.04 Å². The molecule has 2 rings (SSSR count). The first kappa shape index (κ1) is 11.5. The minimum Gasteiger partial charge on any atom is -0.295 e. The highest BCUT2D eigenvalue weighted by Crippen LogP contribution is 2.24. The Morgan fingerprint density at radius 1 is 1.62 bits per heavy atom. The molecule has 0 aromatic carbocycles. The van der Waals surface area contributed by atoms with E-state index in [0.717, 1.165) is 17.3 Å². The minimum atomic E-state index is 0.150. The van der Waals surface area contributed by atoms with Crippen LogP contribution in [0.2, 0.25) is 0 Å². The number of thiazole rings is 1. The molecule has 16 heavy (non-hydrogen) atoms. The average molecular weight is 254 g/mol. The fourth-order valence-electron chi connectivity index (χ4n) is 1.63. The van der Waals surface area contributed by atoms with Crippen LogP contribution in [0.4, 0.5) is 0 Å². The van der Waals surface area contributed by atoms with Crippen LogP contribution in [0, 0.1) is 11.7 Å². The quantitative estimate of drug-likeness (QED) is 0.857. The van der Waals surface area contributed by atoms with Gasteiger partial charge >= 0.3 is 0 Å². The molecule has 2 aromatic heterocycles. The number of hydrogen-bond acceptors (Lipinski definition) is 4. The van der Waals surface area contributed by atoms with Gasteiger partial charge in [-0.1, -0.05) is 6.92 Å². The Balaban J connectivity index is 2.38. The molecule has 4 nitrogen and oxygen atoms in total. The highest BCUT2D eigenvalue weighted by atomic mass is 32.1. The van der Waals surface area contributed by atoms with Crippen LogP contribution in [-0.2, 0) is 6.42 Å². The number of rotatable bonds is 3. The highest BCUT2D eigenvalue weighted by molar-refractivity contribution is 7.71. The summed E-state index contributed by atoms with van der Waals surface area (Å²) in [5.74, 6) is 0.894. The zero-order chi connectivity index (χ0) is 11.7. The zero-order valence-corrected chi connectivity index (χ0v) is 11.2. The van der Waals surface area contributed by atoms with Crippen molar-refractivity contribution in [2.45, 2.75) is 33.2 Å². The second kappa shape index (κ2) is 4.47. The lowest BCUT2D eigenvalue weighted by Crippen LogP contribution is -2.08. The molecule has 6 heteroatoms. The van der Waals surface area contributed by atoms with Crippen molar-refractivity contribution in [2.75, 3.05) is 0 Å². The molecule has 1 unspecified atom stereocenters. The highest BCUT2D eigenvalue weighted by Gasteiger charge is 2.15. The number of nitrogens with zero attached hydrogens (tertiary/aromatic N) is 3. The summed E-state index contributed by atoms with van der Waals surface area (Å²) in [7, 11) is 0. The Morgan fingerprint density at radius 2 is 2.38 bits per heavy atom. The lowest BCUT2D eigenvalue weighted by molar-refractivity contribution is 0.607. The van der Waals surface area contributed by atoms with E-state index in [1.807, 2.05) is 17.7 Å². The second-order valence-electron chi connectivity index (χ2n) is 3.64. The molecule has 2 aromatic rings. The lowest BCUT2D eigenvalue weighted by Gasteiger charge is -2.10. The molecule has 0 spiro atoms. The first-order valence-electron chi connectivity index (χ1n) is 5.21. The van der Waals surface area contributed by atoms with Crippen LogP contribution in [0.1, 0.15) is 35.6 Å². The molecule has 0 saturated carbocycles. The largest absolute Gasteiger partial charge is 0.295 e. The van der Waals surface area contributed by atoms with Crippen LogP contribution in [-0.4, -0.2) is 19.7 Å². The van der Waals surface area contributed by atoms with Crippen molar-refractivity contribution in [3.05, 3.63) is 26.7 Å². The van der Waals surface area contributed by atoms with Gasteiger partial charge in [0.2, 0.25) is 0 Å². The van der Waals surface area contributed by atoms with Gasteiger partial charge < -0.3 is 0 Å². The number of nitrogens with one attached hydrogen (secondary N) is 1. The maximum atomic E-state index is 5.21. The molecule has 1 atom stereocenters. The summed E-state index contributed by atoms with van der Waals surface area (Å²) in [6, 6.07) is 0.150. The summed E-state index contributed by atoms with van der Waals surface area (Å²) in [6.45, 7) is 6.17. The molecule has 1 N–H and O–H groups in total.